The van der Waals surface area contributed by atoms with Crippen LogP contribution in [0, 0.1) is 0 Å². The summed E-state index contributed by atoms with van der Waals surface area (Å²) in [5, 5.41) is 43.7. The van der Waals surface area contributed by atoms with Gasteiger partial charge in [0.15, 0.2) is 0 Å². The van der Waals surface area contributed by atoms with Crippen LogP contribution in [0.4, 0.5) is 0 Å². The lowest BCUT2D eigenvalue weighted by atomic mass is 10.00. The van der Waals surface area contributed by atoms with E-state index in [9.17, 15) is 25.2 Å². The molecule has 6 heteroatoms. The first-order valence-electron chi connectivity index (χ1n) is 24.1. The van der Waals surface area contributed by atoms with Crippen molar-refractivity contribution in [2.45, 2.75) is 282 Å². The van der Waals surface area contributed by atoms with E-state index >= 15 is 0 Å². The first kappa shape index (κ1) is 53.0. The Morgan fingerprint density at radius 3 is 1.11 bits per heavy atom. The van der Waals surface area contributed by atoms with Gasteiger partial charge in [0.2, 0.25) is 5.91 Å². The van der Waals surface area contributed by atoms with Crippen LogP contribution in [-0.2, 0) is 4.79 Å². The first-order chi connectivity index (χ1) is 26.5. The van der Waals surface area contributed by atoms with Crippen molar-refractivity contribution < 1.29 is 25.2 Å². The predicted octanol–water partition coefficient (Wildman–Crippen LogP) is 13.0. The molecule has 0 saturated carbocycles. The fourth-order valence-electron chi connectivity index (χ4n) is 7.64. The summed E-state index contributed by atoms with van der Waals surface area (Å²) < 4.78 is 0. The van der Waals surface area contributed by atoms with E-state index in [1.165, 1.54) is 193 Å². The molecule has 0 spiro atoms. The molecule has 0 aliphatic carbocycles. The van der Waals surface area contributed by atoms with E-state index in [-0.39, 0.29) is 0 Å². The Labute approximate surface area is 336 Å². The molecule has 0 bridgehead atoms. The summed E-state index contributed by atoms with van der Waals surface area (Å²) in [6.07, 6.45) is 48.3. The molecule has 0 heterocycles. The number of aliphatic hydroxyl groups excluding tert-OH is 4. The lowest BCUT2D eigenvalue weighted by molar-refractivity contribution is -0.132. The molecule has 322 valence electrons. The van der Waals surface area contributed by atoms with Gasteiger partial charge in [-0.05, 0) is 38.5 Å². The molecule has 0 aromatic carbocycles. The molecule has 0 aromatic rings. The van der Waals surface area contributed by atoms with Gasteiger partial charge in [-0.1, -0.05) is 231 Å². The van der Waals surface area contributed by atoms with Gasteiger partial charge in [-0.3, -0.25) is 4.79 Å². The zero-order chi connectivity index (χ0) is 39.6. The lowest BCUT2D eigenvalue weighted by Crippen LogP contribution is -2.53. The zero-order valence-electron chi connectivity index (χ0n) is 36.2. The third-order valence-corrected chi connectivity index (χ3v) is 11.5. The van der Waals surface area contributed by atoms with Gasteiger partial charge in [0.05, 0.1) is 18.8 Å². The number of carbonyl (C=O) groups is 1. The monoisotopic (exact) mass is 766 g/mol. The molecule has 0 fully saturated rings. The SMILES string of the molecule is CCCCCCCCCCCCCCCCCCCC/C=C/CCCC(O)C(O)C(CO)NC(=O)C(O)CCCCCCCCCCCCCCCCC. The van der Waals surface area contributed by atoms with Gasteiger partial charge >= 0.3 is 0 Å². The molecule has 0 saturated heterocycles. The number of nitrogens with one attached hydrogen (secondary N) is 1. The van der Waals surface area contributed by atoms with E-state index in [0.29, 0.717) is 12.8 Å². The van der Waals surface area contributed by atoms with E-state index in [0.717, 1.165) is 38.5 Å². The van der Waals surface area contributed by atoms with E-state index in [1.807, 2.05) is 0 Å². The van der Waals surface area contributed by atoms with Crippen molar-refractivity contribution in [1.82, 2.24) is 5.32 Å². The fourth-order valence-corrected chi connectivity index (χ4v) is 7.64. The normalized spacial score (nSPS) is 14.1. The van der Waals surface area contributed by atoms with Gasteiger partial charge < -0.3 is 25.7 Å². The number of unbranched alkanes of at least 4 members (excludes halogenated alkanes) is 33. The van der Waals surface area contributed by atoms with Gasteiger partial charge in [-0.2, -0.15) is 0 Å². The van der Waals surface area contributed by atoms with Crippen LogP contribution in [0.1, 0.15) is 258 Å². The van der Waals surface area contributed by atoms with Crippen molar-refractivity contribution >= 4 is 5.91 Å². The third kappa shape index (κ3) is 36.7. The highest BCUT2D eigenvalue weighted by molar-refractivity contribution is 5.80. The van der Waals surface area contributed by atoms with E-state index < -0.39 is 36.9 Å². The maximum absolute atomic E-state index is 12.5. The highest BCUT2D eigenvalue weighted by Gasteiger charge is 2.28. The van der Waals surface area contributed by atoms with Crippen LogP contribution in [-0.4, -0.2) is 57.3 Å². The van der Waals surface area contributed by atoms with E-state index in [2.05, 4.69) is 31.3 Å². The largest absolute Gasteiger partial charge is 0.394 e. The molecule has 0 aliphatic heterocycles. The summed E-state index contributed by atoms with van der Waals surface area (Å²) in [7, 11) is 0. The predicted molar refractivity (Wildman–Crippen MR) is 233 cm³/mol. The minimum Gasteiger partial charge on any atom is -0.394 e. The Kier molecular flexibility index (Phi) is 42.4. The van der Waals surface area contributed by atoms with Crippen molar-refractivity contribution in [3.63, 3.8) is 0 Å². The Bertz CT molecular complexity index is 776. The Balaban J connectivity index is 3.69. The summed E-state index contributed by atoms with van der Waals surface area (Å²) >= 11 is 0. The number of hydrogen-bond acceptors (Lipinski definition) is 5. The summed E-state index contributed by atoms with van der Waals surface area (Å²) in [6.45, 7) is 4.06. The number of carbonyl (C=O) groups excluding carboxylic acids is 1. The number of aliphatic hydroxyl groups is 4. The van der Waals surface area contributed by atoms with Crippen molar-refractivity contribution in [2.24, 2.45) is 0 Å². The van der Waals surface area contributed by atoms with Gasteiger partial charge in [-0.15, -0.1) is 0 Å². The molecule has 0 aliphatic rings. The Hall–Kier alpha value is -0.950. The molecule has 4 unspecified atom stereocenters. The van der Waals surface area contributed by atoms with Crippen molar-refractivity contribution in [1.29, 1.82) is 0 Å². The minimum atomic E-state index is -1.28. The van der Waals surface area contributed by atoms with Crippen LogP contribution in [0.15, 0.2) is 12.2 Å². The van der Waals surface area contributed by atoms with Crippen LogP contribution >= 0.6 is 0 Å². The number of amides is 1. The van der Waals surface area contributed by atoms with Crippen LogP contribution in [0.25, 0.3) is 0 Å². The second-order valence-corrected chi connectivity index (χ2v) is 16.8. The number of hydrogen-bond donors (Lipinski definition) is 5. The molecule has 4 atom stereocenters. The number of rotatable bonds is 44. The summed E-state index contributed by atoms with van der Waals surface area (Å²) in [6, 6.07) is -0.997. The van der Waals surface area contributed by atoms with Crippen LogP contribution in [0.5, 0.6) is 0 Å². The molecular weight excluding hydrogens is 671 g/mol. The van der Waals surface area contributed by atoms with Crippen molar-refractivity contribution in [2.75, 3.05) is 6.61 Å². The summed E-state index contributed by atoms with van der Waals surface area (Å²) in [5.41, 5.74) is 0. The number of allylic oxidation sites excluding steroid dienone is 2. The quantitative estimate of drug-likeness (QED) is 0.0313. The molecule has 54 heavy (non-hydrogen) atoms. The topological polar surface area (TPSA) is 110 Å². The smallest absolute Gasteiger partial charge is 0.249 e. The average molecular weight is 766 g/mol. The minimum absolute atomic E-state index is 0.368. The molecule has 1 amide bonds. The molecule has 0 radical (unpaired) electrons. The van der Waals surface area contributed by atoms with E-state index in [4.69, 9.17) is 0 Å². The molecular formula is C48H95NO5. The second-order valence-electron chi connectivity index (χ2n) is 16.8. The Morgan fingerprint density at radius 1 is 0.444 bits per heavy atom. The summed E-state index contributed by atoms with van der Waals surface area (Å²) in [4.78, 5) is 12.5. The van der Waals surface area contributed by atoms with Gasteiger partial charge in [-0.25, -0.2) is 0 Å². The average Bonchev–Trinajstić information content (AvgIpc) is 3.18. The van der Waals surface area contributed by atoms with Crippen molar-refractivity contribution in [3.8, 4) is 0 Å². The molecule has 0 rings (SSSR count). The second kappa shape index (κ2) is 43.2. The van der Waals surface area contributed by atoms with Crippen LogP contribution in [0.2, 0.25) is 0 Å². The fraction of sp³-hybridized carbons (Fsp3) is 0.938. The van der Waals surface area contributed by atoms with Gasteiger partial charge in [0.25, 0.3) is 0 Å². The lowest BCUT2D eigenvalue weighted by Gasteiger charge is -2.27. The van der Waals surface area contributed by atoms with Gasteiger partial charge in [0.1, 0.15) is 12.2 Å². The van der Waals surface area contributed by atoms with Crippen LogP contribution in [0.3, 0.4) is 0 Å². The first-order valence-corrected chi connectivity index (χ1v) is 24.1. The maximum Gasteiger partial charge on any atom is 0.249 e. The zero-order valence-corrected chi connectivity index (χ0v) is 36.2. The highest BCUT2D eigenvalue weighted by atomic mass is 16.3. The standard InChI is InChI=1S/C48H95NO5/c1-3-5-7-9-11-13-15-17-19-20-21-22-23-24-25-26-28-29-31-33-35-37-39-41-45(51)47(53)44(43-50)49-48(54)46(52)42-40-38-36-34-32-30-27-18-16-14-12-10-8-6-4-2/h33,35,44-47,50-53H,3-32,34,36-43H2,1-2H3,(H,49,54)/b35-33+. The maximum atomic E-state index is 12.5. The molecule has 5 N–H and O–H groups in total. The van der Waals surface area contributed by atoms with E-state index in [1.54, 1.807) is 0 Å². The van der Waals surface area contributed by atoms with Crippen LogP contribution < -0.4 is 5.32 Å². The third-order valence-electron chi connectivity index (χ3n) is 11.5. The highest BCUT2D eigenvalue weighted by Crippen LogP contribution is 2.17. The molecule has 0 aromatic heterocycles. The van der Waals surface area contributed by atoms with Gasteiger partial charge in [0, 0.05) is 0 Å². The van der Waals surface area contributed by atoms with Crippen molar-refractivity contribution in [3.05, 3.63) is 12.2 Å². The Morgan fingerprint density at radius 2 is 0.759 bits per heavy atom. The molecule has 6 nitrogen and oxygen atoms in total. The summed E-state index contributed by atoms with van der Waals surface area (Å²) in [5.74, 6) is -0.590.